The van der Waals surface area contributed by atoms with E-state index in [0.717, 1.165) is 25.5 Å². The van der Waals surface area contributed by atoms with Crippen molar-refractivity contribution in [1.82, 2.24) is 15.1 Å². The Hall–Kier alpha value is -1.03. The van der Waals surface area contributed by atoms with Gasteiger partial charge in [-0.15, -0.1) is 0 Å². The van der Waals surface area contributed by atoms with Gasteiger partial charge in [0, 0.05) is 37.4 Å². The molecule has 1 aromatic rings. The van der Waals surface area contributed by atoms with Crippen molar-refractivity contribution in [3.05, 3.63) is 12.3 Å². The molecule has 102 valence electrons. The zero-order valence-corrected chi connectivity index (χ0v) is 11.9. The molecule has 4 nitrogen and oxygen atoms in total. The Morgan fingerprint density at radius 3 is 2.89 bits per heavy atom. The second kappa shape index (κ2) is 6.23. The van der Waals surface area contributed by atoms with Crippen molar-refractivity contribution in [2.24, 2.45) is 0 Å². The maximum absolute atomic E-state index is 4.61. The van der Waals surface area contributed by atoms with Gasteiger partial charge in [0.05, 0.1) is 0 Å². The lowest BCUT2D eigenvalue weighted by molar-refractivity contribution is 0.366. The van der Waals surface area contributed by atoms with E-state index in [9.17, 15) is 0 Å². The van der Waals surface area contributed by atoms with E-state index in [1.165, 1.54) is 19.3 Å². The number of hydrogen-bond acceptors (Lipinski definition) is 3. The van der Waals surface area contributed by atoms with Gasteiger partial charge in [-0.1, -0.05) is 6.92 Å². The molecule has 0 aliphatic carbocycles. The predicted octanol–water partition coefficient (Wildman–Crippen LogP) is 2.26. The Kier molecular flexibility index (Phi) is 4.64. The second-order valence-electron chi connectivity index (χ2n) is 5.25. The molecule has 0 bridgehead atoms. The van der Waals surface area contributed by atoms with Crippen LogP contribution in [-0.4, -0.2) is 35.0 Å². The molecule has 1 saturated heterocycles. The SMILES string of the molecule is CCCNC1CCN(c2ccn(CC)n2)C(C)C1. The normalized spacial score (nSPS) is 24.5. The summed E-state index contributed by atoms with van der Waals surface area (Å²) < 4.78 is 2.00. The van der Waals surface area contributed by atoms with E-state index in [4.69, 9.17) is 0 Å². The van der Waals surface area contributed by atoms with Crippen LogP contribution in [0.4, 0.5) is 5.82 Å². The zero-order chi connectivity index (χ0) is 13.0. The first-order chi connectivity index (χ1) is 8.74. The molecule has 0 radical (unpaired) electrons. The number of hydrogen-bond donors (Lipinski definition) is 1. The van der Waals surface area contributed by atoms with Crippen LogP contribution in [0.1, 0.15) is 40.0 Å². The maximum atomic E-state index is 4.61. The van der Waals surface area contributed by atoms with Gasteiger partial charge in [0.2, 0.25) is 0 Å². The number of aryl methyl sites for hydroxylation is 1. The van der Waals surface area contributed by atoms with Crippen LogP contribution >= 0.6 is 0 Å². The van der Waals surface area contributed by atoms with Gasteiger partial charge in [-0.25, -0.2) is 0 Å². The van der Waals surface area contributed by atoms with Gasteiger partial charge < -0.3 is 10.2 Å². The largest absolute Gasteiger partial charge is 0.352 e. The van der Waals surface area contributed by atoms with E-state index in [1.807, 2.05) is 4.68 Å². The fraction of sp³-hybridized carbons (Fsp3) is 0.786. The van der Waals surface area contributed by atoms with Crippen LogP contribution in [0.25, 0.3) is 0 Å². The number of anilines is 1. The highest BCUT2D eigenvalue weighted by atomic mass is 15.4. The summed E-state index contributed by atoms with van der Waals surface area (Å²) in [4.78, 5) is 2.44. The van der Waals surface area contributed by atoms with Gasteiger partial charge in [0.15, 0.2) is 5.82 Å². The summed E-state index contributed by atoms with van der Waals surface area (Å²) >= 11 is 0. The highest BCUT2D eigenvalue weighted by Crippen LogP contribution is 2.23. The molecule has 2 unspecified atom stereocenters. The van der Waals surface area contributed by atoms with Gasteiger partial charge in [-0.3, -0.25) is 4.68 Å². The zero-order valence-electron chi connectivity index (χ0n) is 11.9. The van der Waals surface area contributed by atoms with Gasteiger partial charge in [-0.2, -0.15) is 5.10 Å². The van der Waals surface area contributed by atoms with Gasteiger partial charge in [-0.05, 0) is 39.7 Å². The molecule has 0 spiro atoms. The molecule has 1 N–H and O–H groups in total. The van der Waals surface area contributed by atoms with Gasteiger partial charge in [0.25, 0.3) is 0 Å². The summed E-state index contributed by atoms with van der Waals surface area (Å²) in [5.41, 5.74) is 0. The average Bonchev–Trinajstić information content (AvgIpc) is 2.85. The van der Waals surface area contributed by atoms with E-state index in [0.29, 0.717) is 12.1 Å². The van der Waals surface area contributed by atoms with Crippen LogP contribution in [-0.2, 0) is 6.54 Å². The molecule has 2 atom stereocenters. The Balaban J connectivity index is 1.92. The van der Waals surface area contributed by atoms with Crippen LogP contribution in [0.3, 0.4) is 0 Å². The first-order valence-corrected chi connectivity index (χ1v) is 7.28. The predicted molar refractivity (Wildman–Crippen MR) is 76.0 cm³/mol. The fourth-order valence-electron chi connectivity index (χ4n) is 2.73. The van der Waals surface area contributed by atoms with E-state index in [1.54, 1.807) is 0 Å². The molecule has 2 heterocycles. The maximum Gasteiger partial charge on any atom is 0.150 e. The first kappa shape index (κ1) is 13.4. The average molecular weight is 250 g/mol. The molecule has 1 aliphatic heterocycles. The van der Waals surface area contributed by atoms with E-state index in [2.05, 4.69) is 48.3 Å². The summed E-state index contributed by atoms with van der Waals surface area (Å²) in [6.45, 7) is 9.86. The van der Waals surface area contributed by atoms with Crippen molar-refractivity contribution < 1.29 is 0 Å². The molecule has 2 rings (SSSR count). The van der Waals surface area contributed by atoms with Crippen molar-refractivity contribution in [1.29, 1.82) is 0 Å². The number of piperidine rings is 1. The monoisotopic (exact) mass is 250 g/mol. The summed E-state index contributed by atoms with van der Waals surface area (Å²) in [7, 11) is 0. The molecule has 0 amide bonds. The molecule has 18 heavy (non-hydrogen) atoms. The van der Waals surface area contributed by atoms with Crippen molar-refractivity contribution >= 4 is 5.82 Å². The first-order valence-electron chi connectivity index (χ1n) is 7.28. The second-order valence-corrected chi connectivity index (χ2v) is 5.25. The Labute approximate surface area is 110 Å². The highest BCUT2D eigenvalue weighted by molar-refractivity contribution is 5.39. The third-order valence-corrected chi connectivity index (χ3v) is 3.80. The minimum Gasteiger partial charge on any atom is -0.352 e. The number of rotatable bonds is 5. The van der Waals surface area contributed by atoms with Crippen molar-refractivity contribution in [2.45, 2.75) is 58.7 Å². The van der Waals surface area contributed by atoms with Crippen LogP contribution in [0.5, 0.6) is 0 Å². The minimum atomic E-state index is 0.577. The number of aromatic nitrogens is 2. The van der Waals surface area contributed by atoms with Crippen LogP contribution in [0, 0.1) is 0 Å². The molecule has 0 saturated carbocycles. The third kappa shape index (κ3) is 3.05. The number of nitrogens with zero attached hydrogens (tertiary/aromatic N) is 3. The van der Waals surface area contributed by atoms with Crippen LogP contribution < -0.4 is 10.2 Å². The summed E-state index contributed by atoms with van der Waals surface area (Å²) in [6, 6.07) is 3.40. The van der Waals surface area contributed by atoms with E-state index < -0.39 is 0 Å². The number of nitrogens with one attached hydrogen (secondary N) is 1. The molecule has 0 aromatic carbocycles. The Bertz CT molecular complexity index is 360. The lowest BCUT2D eigenvalue weighted by atomic mass is 9.98. The molecular formula is C14H26N4. The standard InChI is InChI=1S/C14H26N4/c1-4-8-15-13-6-10-18(12(3)11-13)14-7-9-17(5-2)16-14/h7,9,12-13,15H,4-6,8,10-11H2,1-3H3. The highest BCUT2D eigenvalue weighted by Gasteiger charge is 2.26. The lowest BCUT2D eigenvalue weighted by Crippen LogP contribution is -2.47. The lowest BCUT2D eigenvalue weighted by Gasteiger charge is -2.38. The molecule has 1 fully saturated rings. The molecule has 1 aliphatic rings. The molecule has 1 aromatic heterocycles. The van der Waals surface area contributed by atoms with Gasteiger partial charge >= 0.3 is 0 Å². The van der Waals surface area contributed by atoms with E-state index >= 15 is 0 Å². The molecule has 4 heteroatoms. The van der Waals surface area contributed by atoms with E-state index in [-0.39, 0.29) is 0 Å². The summed E-state index contributed by atoms with van der Waals surface area (Å²) in [5.74, 6) is 1.14. The van der Waals surface area contributed by atoms with Crippen LogP contribution in [0.2, 0.25) is 0 Å². The van der Waals surface area contributed by atoms with Crippen molar-refractivity contribution in [3.63, 3.8) is 0 Å². The van der Waals surface area contributed by atoms with Crippen molar-refractivity contribution in [2.75, 3.05) is 18.0 Å². The molecular weight excluding hydrogens is 224 g/mol. The smallest absolute Gasteiger partial charge is 0.150 e. The topological polar surface area (TPSA) is 33.1 Å². The van der Waals surface area contributed by atoms with Gasteiger partial charge in [0.1, 0.15) is 0 Å². The quantitative estimate of drug-likeness (QED) is 0.870. The minimum absolute atomic E-state index is 0.577. The summed E-state index contributed by atoms with van der Waals surface area (Å²) in [5, 5.41) is 8.25. The Morgan fingerprint density at radius 2 is 2.28 bits per heavy atom. The fourth-order valence-corrected chi connectivity index (χ4v) is 2.73. The van der Waals surface area contributed by atoms with Crippen molar-refractivity contribution in [3.8, 4) is 0 Å². The van der Waals surface area contributed by atoms with Crippen LogP contribution in [0.15, 0.2) is 12.3 Å². The third-order valence-electron chi connectivity index (χ3n) is 3.80. The Morgan fingerprint density at radius 1 is 1.44 bits per heavy atom. The summed E-state index contributed by atoms with van der Waals surface area (Å²) in [6.07, 6.45) is 5.74.